The van der Waals surface area contributed by atoms with Crippen LogP contribution in [0.15, 0.2) is 90.6 Å². The predicted molar refractivity (Wildman–Crippen MR) is 118 cm³/mol. The van der Waals surface area contributed by atoms with Crippen LogP contribution in [-0.2, 0) is 0 Å². The first-order valence-corrected chi connectivity index (χ1v) is 9.81. The normalized spacial score (nSPS) is 15.0. The van der Waals surface area contributed by atoms with Crippen molar-refractivity contribution in [1.29, 1.82) is 0 Å². The van der Waals surface area contributed by atoms with Gasteiger partial charge in [-0.1, -0.05) is 54.6 Å². The Balaban J connectivity index is 1.89. The lowest BCUT2D eigenvalue weighted by molar-refractivity contribution is -0.0859. The van der Waals surface area contributed by atoms with Gasteiger partial charge in [0.25, 0.3) is 0 Å². The molecule has 2 nitrogen and oxygen atoms in total. The molecule has 0 fully saturated rings. The van der Waals surface area contributed by atoms with E-state index in [2.05, 4.69) is 0 Å². The summed E-state index contributed by atoms with van der Waals surface area (Å²) in [5.74, 6) is 0.696. The molecular weight excluding hydrogens is 399 g/mol. The molecule has 0 saturated heterocycles. The number of hydrogen-bond donors (Lipinski definition) is 0. The predicted octanol–water partition coefficient (Wildman–Crippen LogP) is 7.03. The second-order valence-corrected chi connectivity index (χ2v) is 7.34. The van der Waals surface area contributed by atoms with Gasteiger partial charge in [0.05, 0.1) is 23.9 Å². The van der Waals surface area contributed by atoms with E-state index in [-0.39, 0.29) is 5.57 Å². The summed E-state index contributed by atoms with van der Waals surface area (Å²) in [4.78, 5) is 0. The molecule has 1 aromatic heterocycles. The molecule has 0 amide bonds. The van der Waals surface area contributed by atoms with Crippen molar-refractivity contribution in [2.24, 2.45) is 0 Å². The molecule has 0 saturated carbocycles. The number of ether oxygens (including phenoxy) is 1. The first kappa shape index (κ1) is 19.2. The van der Waals surface area contributed by atoms with Crippen molar-refractivity contribution >= 4 is 28.2 Å². The van der Waals surface area contributed by atoms with E-state index in [1.807, 2.05) is 65.4 Å². The number of benzene rings is 3. The molecular formula is C26H18F3NO. The molecule has 3 aromatic carbocycles. The fraction of sp³-hybridized carbons (Fsp3) is 0.0769. The second kappa shape index (κ2) is 7.20. The van der Waals surface area contributed by atoms with Gasteiger partial charge in [0.2, 0.25) is 0 Å². The Morgan fingerprint density at radius 3 is 2.35 bits per heavy atom. The zero-order valence-corrected chi connectivity index (χ0v) is 16.6. The Bertz CT molecular complexity index is 1340. The van der Waals surface area contributed by atoms with Crippen molar-refractivity contribution in [3.8, 4) is 5.75 Å². The monoisotopic (exact) mass is 417 g/mol. The third-order valence-corrected chi connectivity index (χ3v) is 5.53. The summed E-state index contributed by atoms with van der Waals surface area (Å²) in [6.07, 6.45) is -1.43. The summed E-state index contributed by atoms with van der Waals surface area (Å²) < 4.78 is 49.7. The first-order valence-electron chi connectivity index (χ1n) is 9.81. The Hall–Kier alpha value is -3.73. The summed E-state index contributed by atoms with van der Waals surface area (Å²) in [5.41, 5.74) is 2.69. The molecule has 0 bridgehead atoms. The summed E-state index contributed by atoms with van der Waals surface area (Å²) in [5, 5.41) is 0.886. The van der Waals surface area contributed by atoms with Gasteiger partial charge in [0, 0.05) is 17.2 Å². The molecule has 31 heavy (non-hydrogen) atoms. The average Bonchev–Trinajstić information content (AvgIpc) is 3.37. The lowest BCUT2D eigenvalue weighted by atomic mass is 9.96. The van der Waals surface area contributed by atoms with Crippen LogP contribution < -0.4 is 4.74 Å². The minimum atomic E-state index is -4.49. The lowest BCUT2D eigenvalue weighted by Gasteiger charge is -2.20. The average molecular weight is 417 g/mol. The van der Waals surface area contributed by atoms with Gasteiger partial charge in [-0.2, -0.15) is 13.2 Å². The molecule has 4 aromatic rings. The van der Waals surface area contributed by atoms with E-state index < -0.39 is 11.7 Å². The Morgan fingerprint density at radius 1 is 0.871 bits per heavy atom. The van der Waals surface area contributed by atoms with E-state index in [9.17, 15) is 13.2 Å². The summed E-state index contributed by atoms with van der Waals surface area (Å²) >= 11 is 0. The SMILES string of the molecule is COc1ccc2c(ccn2/C(=C2\C(C(F)(F)F)=Cc3ccccc32)c2ccccc2)c1. The highest BCUT2D eigenvalue weighted by Crippen LogP contribution is 2.48. The molecule has 154 valence electrons. The molecule has 1 aliphatic carbocycles. The number of hydrogen-bond acceptors (Lipinski definition) is 1. The number of methoxy groups -OCH3 is 1. The molecule has 0 atom stereocenters. The van der Waals surface area contributed by atoms with Gasteiger partial charge in [-0.15, -0.1) is 0 Å². The molecule has 1 aliphatic rings. The quantitative estimate of drug-likeness (QED) is 0.349. The van der Waals surface area contributed by atoms with Crippen LogP contribution in [0.1, 0.15) is 16.7 Å². The molecule has 5 rings (SSSR count). The standard InChI is InChI=1S/C26H18F3NO/c1-31-20-11-12-23-19(15-20)13-14-30(23)25(17-7-3-2-4-8-17)24-21-10-6-5-9-18(21)16-22(24)26(27,28)29/h2-16H,1H3/b25-24-. The summed E-state index contributed by atoms with van der Waals surface area (Å²) in [6.45, 7) is 0. The van der Waals surface area contributed by atoms with Gasteiger partial charge in [0.1, 0.15) is 5.75 Å². The first-order chi connectivity index (χ1) is 15.0. The molecule has 1 heterocycles. The number of fused-ring (bicyclic) bond motifs is 2. The maximum absolute atomic E-state index is 14.2. The second-order valence-electron chi connectivity index (χ2n) is 7.34. The maximum atomic E-state index is 14.2. The van der Waals surface area contributed by atoms with Crippen LogP contribution in [0.25, 0.3) is 28.2 Å². The van der Waals surface area contributed by atoms with Crippen LogP contribution in [0.2, 0.25) is 0 Å². The van der Waals surface area contributed by atoms with E-state index in [4.69, 9.17) is 4.74 Å². The van der Waals surface area contributed by atoms with Crippen molar-refractivity contribution in [3.63, 3.8) is 0 Å². The maximum Gasteiger partial charge on any atom is 0.417 e. The van der Waals surface area contributed by atoms with Crippen LogP contribution in [0.5, 0.6) is 5.75 Å². The van der Waals surface area contributed by atoms with Gasteiger partial charge < -0.3 is 9.30 Å². The lowest BCUT2D eigenvalue weighted by Crippen LogP contribution is -2.13. The van der Waals surface area contributed by atoms with Gasteiger partial charge in [0.15, 0.2) is 0 Å². The highest BCUT2D eigenvalue weighted by molar-refractivity contribution is 6.08. The smallest absolute Gasteiger partial charge is 0.417 e. The number of nitrogens with zero attached hydrogens (tertiary/aromatic N) is 1. The van der Waals surface area contributed by atoms with Crippen LogP contribution in [0, 0.1) is 0 Å². The highest BCUT2D eigenvalue weighted by atomic mass is 19.4. The van der Waals surface area contributed by atoms with E-state index in [1.165, 1.54) is 6.08 Å². The fourth-order valence-electron chi connectivity index (χ4n) is 4.14. The van der Waals surface area contributed by atoms with Crippen LogP contribution >= 0.6 is 0 Å². The van der Waals surface area contributed by atoms with Gasteiger partial charge in [-0.25, -0.2) is 0 Å². The van der Waals surface area contributed by atoms with E-state index in [1.54, 1.807) is 31.4 Å². The number of aromatic nitrogens is 1. The molecule has 0 N–H and O–H groups in total. The largest absolute Gasteiger partial charge is 0.497 e. The topological polar surface area (TPSA) is 14.2 Å². The van der Waals surface area contributed by atoms with E-state index in [0.717, 1.165) is 10.9 Å². The third kappa shape index (κ3) is 3.22. The number of allylic oxidation sites excluding steroid dienone is 2. The third-order valence-electron chi connectivity index (χ3n) is 5.53. The highest BCUT2D eigenvalue weighted by Gasteiger charge is 2.41. The Labute approximate surface area is 177 Å². The van der Waals surface area contributed by atoms with Gasteiger partial charge in [-0.3, -0.25) is 0 Å². The van der Waals surface area contributed by atoms with Crippen LogP contribution in [0.3, 0.4) is 0 Å². The van der Waals surface area contributed by atoms with Crippen molar-refractivity contribution in [3.05, 3.63) is 107 Å². The minimum absolute atomic E-state index is 0.183. The zero-order valence-electron chi connectivity index (χ0n) is 16.6. The zero-order chi connectivity index (χ0) is 21.6. The summed E-state index contributed by atoms with van der Waals surface area (Å²) in [6, 6.07) is 23.6. The van der Waals surface area contributed by atoms with Gasteiger partial charge >= 0.3 is 6.18 Å². The molecule has 5 heteroatoms. The molecule has 0 unspecified atom stereocenters. The van der Waals surface area contributed by atoms with Crippen molar-refractivity contribution in [2.75, 3.05) is 7.11 Å². The minimum Gasteiger partial charge on any atom is -0.497 e. The number of alkyl halides is 3. The van der Waals surface area contributed by atoms with Crippen LogP contribution in [0.4, 0.5) is 13.2 Å². The van der Waals surface area contributed by atoms with Crippen molar-refractivity contribution < 1.29 is 17.9 Å². The molecule has 0 aliphatic heterocycles. The van der Waals surface area contributed by atoms with Crippen molar-refractivity contribution in [2.45, 2.75) is 6.18 Å². The number of halogens is 3. The van der Waals surface area contributed by atoms with Crippen molar-refractivity contribution in [1.82, 2.24) is 4.57 Å². The Kier molecular flexibility index (Phi) is 4.47. The van der Waals surface area contributed by atoms with E-state index >= 15 is 0 Å². The Morgan fingerprint density at radius 2 is 1.61 bits per heavy atom. The molecule has 0 radical (unpaired) electrons. The van der Waals surface area contributed by atoms with Gasteiger partial charge in [-0.05, 0) is 47.0 Å². The summed E-state index contributed by atoms with van der Waals surface area (Å²) in [7, 11) is 1.59. The fourth-order valence-corrected chi connectivity index (χ4v) is 4.14. The van der Waals surface area contributed by atoms with E-state index in [0.29, 0.717) is 28.1 Å². The number of rotatable bonds is 3. The molecule has 0 spiro atoms. The van der Waals surface area contributed by atoms with Crippen LogP contribution in [-0.4, -0.2) is 17.9 Å².